The highest BCUT2D eigenvalue weighted by Crippen LogP contribution is 2.20. The topological polar surface area (TPSA) is 85.1 Å². The van der Waals surface area contributed by atoms with Gasteiger partial charge < -0.3 is 5.73 Å². The number of anilines is 1. The lowest BCUT2D eigenvalue weighted by Gasteiger charge is -2.11. The monoisotopic (exact) mass is 281 g/mol. The fourth-order valence-corrected chi connectivity index (χ4v) is 2.60. The Morgan fingerprint density at radius 1 is 1.32 bits per heavy atom. The van der Waals surface area contributed by atoms with Crippen molar-refractivity contribution < 1.29 is 12.8 Å². The number of nitrogens with two attached hydrogens (primary N) is 1. The molecule has 0 aliphatic carbocycles. The van der Waals surface area contributed by atoms with Gasteiger partial charge in [0.1, 0.15) is 10.7 Å². The lowest BCUT2D eigenvalue weighted by Crippen LogP contribution is -2.15. The second kappa shape index (κ2) is 5.33. The Bertz CT molecular complexity index is 675. The molecule has 0 aliphatic heterocycles. The highest BCUT2D eigenvalue weighted by atomic mass is 32.2. The average molecular weight is 281 g/mol. The molecule has 0 saturated carbocycles. The summed E-state index contributed by atoms with van der Waals surface area (Å²) in [6.07, 6.45) is 2.70. The third-order valence-corrected chi connectivity index (χ3v) is 3.83. The molecule has 1 heterocycles. The smallest absolute Gasteiger partial charge is 0.263 e. The number of aromatic nitrogens is 1. The van der Waals surface area contributed by atoms with Gasteiger partial charge in [0.05, 0.1) is 5.69 Å². The maximum atomic E-state index is 13.0. The van der Waals surface area contributed by atoms with E-state index >= 15 is 0 Å². The summed E-state index contributed by atoms with van der Waals surface area (Å²) in [6, 6.07) is 6.64. The first-order chi connectivity index (χ1) is 9.03. The molecule has 3 N–H and O–H groups in total. The fourth-order valence-electron chi connectivity index (χ4n) is 1.54. The van der Waals surface area contributed by atoms with Crippen LogP contribution in [0.1, 0.15) is 5.56 Å². The SMILES string of the molecule is NCc1cc(F)ccc1NS(=O)(=O)c1cccnc1. The molecule has 0 fully saturated rings. The Balaban J connectivity index is 2.36. The van der Waals surface area contributed by atoms with Crippen LogP contribution in [0.25, 0.3) is 0 Å². The quantitative estimate of drug-likeness (QED) is 0.889. The number of benzene rings is 1. The van der Waals surface area contributed by atoms with Gasteiger partial charge in [0.25, 0.3) is 10.0 Å². The van der Waals surface area contributed by atoms with E-state index in [1.54, 1.807) is 0 Å². The largest absolute Gasteiger partial charge is 0.326 e. The van der Waals surface area contributed by atoms with Crippen molar-refractivity contribution in [2.24, 2.45) is 5.73 Å². The fraction of sp³-hybridized carbons (Fsp3) is 0.0833. The Labute approximate surface area is 110 Å². The molecule has 7 heteroatoms. The number of nitrogens with one attached hydrogen (secondary N) is 1. The first-order valence-electron chi connectivity index (χ1n) is 5.44. The third-order valence-electron chi connectivity index (χ3n) is 2.48. The van der Waals surface area contributed by atoms with Crippen LogP contribution >= 0.6 is 0 Å². The molecule has 0 aliphatic rings. The molecule has 1 aromatic heterocycles. The second-order valence-corrected chi connectivity index (χ2v) is 5.48. The van der Waals surface area contributed by atoms with E-state index in [-0.39, 0.29) is 17.1 Å². The summed E-state index contributed by atoms with van der Waals surface area (Å²) in [5, 5.41) is 0. The van der Waals surface area contributed by atoms with Crippen molar-refractivity contribution in [1.82, 2.24) is 4.98 Å². The van der Waals surface area contributed by atoms with Crippen LogP contribution in [0.4, 0.5) is 10.1 Å². The molecule has 19 heavy (non-hydrogen) atoms. The second-order valence-electron chi connectivity index (χ2n) is 3.80. The molecule has 1 aromatic carbocycles. The Kier molecular flexibility index (Phi) is 3.77. The van der Waals surface area contributed by atoms with Crippen LogP contribution in [0.3, 0.4) is 0 Å². The Hall–Kier alpha value is -1.99. The summed E-state index contributed by atoms with van der Waals surface area (Å²) < 4.78 is 39.6. The molecule has 5 nitrogen and oxygen atoms in total. The van der Waals surface area contributed by atoms with E-state index in [4.69, 9.17) is 5.73 Å². The summed E-state index contributed by atoms with van der Waals surface area (Å²) in [5.74, 6) is -0.468. The van der Waals surface area contributed by atoms with E-state index < -0.39 is 15.8 Å². The molecule has 0 atom stereocenters. The molecular formula is C12H12FN3O2S. The van der Waals surface area contributed by atoms with Gasteiger partial charge in [0, 0.05) is 18.9 Å². The van der Waals surface area contributed by atoms with E-state index in [1.807, 2.05) is 0 Å². The summed E-state index contributed by atoms with van der Waals surface area (Å²) in [7, 11) is -3.75. The predicted octanol–water partition coefficient (Wildman–Crippen LogP) is 1.48. The van der Waals surface area contributed by atoms with Gasteiger partial charge in [-0.3, -0.25) is 9.71 Å². The van der Waals surface area contributed by atoms with Crippen molar-refractivity contribution in [3.63, 3.8) is 0 Å². The van der Waals surface area contributed by atoms with Crippen molar-refractivity contribution in [3.05, 3.63) is 54.1 Å². The minimum absolute atomic E-state index is 0.0299. The molecular weight excluding hydrogens is 269 g/mol. The zero-order valence-electron chi connectivity index (χ0n) is 9.88. The number of hydrogen-bond acceptors (Lipinski definition) is 4. The van der Waals surface area contributed by atoms with Crippen molar-refractivity contribution in [2.75, 3.05) is 4.72 Å². The maximum absolute atomic E-state index is 13.0. The summed E-state index contributed by atoms with van der Waals surface area (Å²) in [5.41, 5.74) is 6.10. The third kappa shape index (κ3) is 3.07. The highest BCUT2D eigenvalue weighted by Gasteiger charge is 2.15. The number of nitrogens with zero attached hydrogens (tertiary/aromatic N) is 1. The van der Waals surface area contributed by atoms with Crippen LogP contribution in [0.2, 0.25) is 0 Å². The molecule has 100 valence electrons. The van der Waals surface area contributed by atoms with Gasteiger partial charge in [-0.25, -0.2) is 12.8 Å². The average Bonchev–Trinajstić information content (AvgIpc) is 2.41. The molecule has 0 unspecified atom stereocenters. The normalized spacial score (nSPS) is 11.3. The van der Waals surface area contributed by atoms with Crippen molar-refractivity contribution in [3.8, 4) is 0 Å². The van der Waals surface area contributed by atoms with Crippen LogP contribution in [-0.2, 0) is 16.6 Å². The van der Waals surface area contributed by atoms with Gasteiger partial charge in [-0.15, -0.1) is 0 Å². The minimum Gasteiger partial charge on any atom is -0.326 e. The van der Waals surface area contributed by atoms with Gasteiger partial charge in [0.15, 0.2) is 0 Å². The molecule has 0 radical (unpaired) electrons. The molecule has 0 saturated heterocycles. The van der Waals surface area contributed by atoms with Gasteiger partial charge in [0.2, 0.25) is 0 Å². The van der Waals surface area contributed by atoms with E-state index in [2.05, 4.69) is 9.71 Å². The van der Waals surface area contributed by atoms with E-state index in [1.165, 1.54) is 42.7 Å². The van der Waals surface area contributed by atoms with Crippen LogP contribution in [0.15, 0.2) is 47.6 Å². The van der Waals surface area contributed by atoms with Crippen LogP contribution in [0.5, 0.6) is 0 Å². The van der Waals surface area contributed by atoms with Gasteiger partial charge in [-0.2, -0.15) is 0 Å². The molecule has 0 amide bonds. The molecule has 0 bridgehead atoms. The summed E-state index contributed by atoms with van der Waals surface area (Å²) >= 11 is 0. The molecule has 2 aromatic rings. The van der Waals surface area contributed by atoms with Crippen molar-refractivity contribution >= 4 is 15.7 Å². The van der Waals surface area contributed by atoms with Crippen LogP contribution in [-0.4, -0.2) is 13.4 Å². The highest BCUT2D eigenvalue weighted by molar-refractivity contribution is 7.92. The molecule has 0 spiro atoms. The first-order valence-corrected chi connectivity index (χ1v) is 6.92. The number of hydrogen-bond donors (Lipinski definition) is 2. The zero-order chi connectivity index (χ0) is 13.9. The van der Waals surface area contributed by atoms with Gasteiger partial charge in [-0.1, -0.05) is 0 Å². The van der Waals surface area contributed by atoms with Crippen molar-refractivity contribution in [1.29, 1.82) is 0 Å². The standard InChI is InChI=1S/C12H12FN3O2S/c13-10-3-4-12(9(6-10)7-14)16-19(17,18)11-2-1-5-15-8-11/h1-6,8,16H,7,14H2. The van der Waals surface area contributed by atoms with Crippen LogP contribution in [0, 0.1) is 5.82 Å². The molecule has 2 rings (SSSR count). The Morgan fingerprint density at radius 2 is 2.11 bits per heavy atom. The lowest BCUT2D eigenvalue weighted by atomic mass is 10.2. The zero-order valence-corrected chi connectivity index (χ0v) is 10.7. The number of halogens is 1. The first kappa shape index (κ1) is 13.4. The van der Waals surface area contributed by atoms with Crippen molar-refractivity contribution in [2.45, 2.75) is 11.4 Å². The van der Waals surface area contributed by atoms with E-state index in [9.17, 15) is 12.8 Å². The summed E-state index contributed by atoms with van der Waals surface area (Å²) in [6.45, 7) is 0.0304. The number of pyridine rings is 1. The minimum atomic E-state index is -3.75. The Morgan fingerprint density at radius 3 is 2.74 bits per heavy atom. The number of sulfonamides is 1. The number of rotatable bonds is 4. The summed E-state index contributed by atoms with van der Waals surface area (Å²) in [4.78, 5) is 3.78. The maximum Gasteiger partial charge on any atom is 0.263 e. The van der Waals surface area contributed by atoms with E-state index in [0.29, 0.717) is 5.56 Å². The van der Waals surface area contributed by atoms with Crippen LogP contribution < -0.4 is 10.5 Å². The lowest BCUT2D eigenvalue weighted by molar-refractivity contribution is 0.600. The van der Waals surface area contributed by atoms with Gasteiger partial charge >= 0.3 is 0 Å². The predicted molar refractivity (Wildman–Crippen MR) is 69.3 cm³/mol. The van der Waals surface area contributed by atoms with E-state index in [0.717, 1.165) is 0 Å². The van der Waals surface area contributed by atoms with Gasteiger partial charge in [-0.05, 0) is 35.9 Å².